The predicted molar refractivity (Wildman–Crippen MR) is 117 cm³/mol. The molecule has 0 aromatic heterocycles. The summed E-state index contributed by atoms with van der Waals surface area (Å²) in [7, 11) is 0. The molecule has 0 spiro atoms. The van der Waals surface area contributed by atoms with Crippen molar-refractivity contribution in [2.24, 2.45) is 0 Å². The van der Waals surface area contributed by atoms with Gasteiger partial charge in [0.25, 0.3) is 0 Å². The summed E-state index contributed by atoms with van der Waals surface area (Å²) in [6.45, 7) is 0.412. The van der Waals surface area contributed by atoms with Crippen LogP contribution in [0.1, 0.15) is 21.5 Å². The lowest BCUT2D eigenvalue weighted by Gasteiger charge is -2.11. The zero-order valence-corrected chi connectivity index (χ0v) is 18.4. The summed E-state index contributed by atoms with van der Waals surface area (Å²) < 4.78 is 82.1. The van der Waals surface area contributed by atoms with Crippen LogP contribution >= 0.6 is 0 Å². The van der Waals surface area contributed by atoms with Crippen LogP contribution in [0.15, 0.2) is 60.4 Å². The minimum absolute atomic E-state index is 0.0402. The van der Waals surface area contributed by atoms with E-state index in [0.29, 0.717) is 5.56 Å². The number of ketones is 1. The van der Waals surface area contributed by atoms with Gasteiger partial charge in [-0.15, -0.1) is 0 Å². The number of aryl methyl sites for hydroxylation is 1. The highest BCUT2D eigenvalue weighted by Gasteiger charge is 2.30. The van der Waals surface area contributed by atoms with Crippen molar-refractivity contribution in [2.75, 3.05) is 6.61 Å². The van der Waals surface area contributed by atoms with Crippen molar-refractivity contribution < 1.29 is 45.8 Å². The Hall–Kier alpha value is -4.47. The van der Waals surface area contributed by atoms with Gasteiger partial charge in [0.1, 0.15) is 11.5 Å². The van der Waals surface area contributed by atoms with Gasteiger partial charge < -0.3 is 14.2 Å². The summed E-state index contributed by atoms with van der Waals surface area (Å²) in [5, 5.41) is 0. The lowest BCUT2D eigenvalue weighted by Crippen LogP contribution is -2.19. The molecule has 4 rings (SSSR count). The van der Waals surface area contributed by atoms with E-state index in [1.807, 2.05) is 30.3 Å². The minimum Gasteiger partial charge on any atom is -0.476 e. The maximum Gasteiger partial charge on any atom is 0.349 e. The molecule has 5 nitrogen and oxygen atoms in total. The number of rotatable bonds is 6. The highest BCUT2D eigenvalue weighted by atomic mass is 19.2. The average Bonchev–Trinajstić information content (AvgIpc) is 3.17. The standard InChI is InChI=1S/C26H15F5O5/c1-13-10-15(35-18(32)12-34-26-23(30)21(28)20(27)22(29)24(26)31)11-17-19(13)25(33)16(36-17)9-5-8-14-6-3-2-4-7-14/h2-11H,12H2,1H3/b8-5+,16-9-. The van der Waals surface area contributed by atoms with Gasteiger partial charge in [-0.1, -0.05) is 42.5 Å². The zero-order chi connectivity index (χ0) is 26.0. The van der Waals surface area contributed by atoms with Crippen LogP contribution in [0.5, 0.6) is 17.2 Å². The highest BCUT2D eigenvalue weighted by Crippen LogP contribution is 2.37. The smallest absolute Gasteiger partial charge is 0.349 e. The topological polar surface area (TPSA) is 61.8 Å². The van der Waals surface area contributed by atoms with Gasteiger partial charge >= 0.3 is 5.97 Å². The third-order valence-corrected chi connectivity index (χ3v) is 5.02. The average molecular weight is 502 g/mol. The van der Waals surface area contributed by atoms with Crippen LogP contribution in [0, 0.1) is 36.0 Å². The molecule has 0 fully saturated rings. The van der Waals surface area contributed by atoms with Crippen LogP contribution in [0.3, 0.4) is 0 Å². The van der Waals surface area contributed by atoms with E-state index in [-0.39, 0.29) is 28.6 Å². The molecule has 0 aliphatic carbocycles. The van der Waals surface area contributed by atoms with E-state index < -0.39 is 47.4 Å². The summed E-state index contributed by atoms with van der Waals surface area (Å²) in [5.41, 5.74) is 1.58. The van der Waals surface area contributed by atoms with Gasteiger partial charge in [0.15, 0.2) is 18.1 Å². The Labute approximate surface area is 201 Å². The summed E-state index contributed by atoms with van der Waals surface area (Å²) in [6.07, 6.45) is 4.90. The fourth-order valence-corrected chi connectivity index (χ4v) is 3.37. The number of hydrogen-bond acceptors (Lipinski definition) is 5. The summed E-state index contributed by atoms with van der Waals surface area (Å²) in [5.74, 6) is -14.4. The molecule has 0 radical (unpaired) electrons. The molecule has 0 unspecified atom stereocenters. The van der Waals surface area contributed by atoms with Crippen LogP contribution in [-0.4, -0.2) is 18.4 Å². The number of benzene rings is 3. The highest BCUT2D eigenvalue weighted by molar-refractivity contribution is 6.13. The second-order valence-corrected chi connectivity index (χ2v) is 7.51. The number of carbonyl (C=O) groups is 2. The Bertz CT molecular complexity index is 1400. The number of Topliss-reactive ketones (excluding diaryl/α,β-unsaturated/α-hetero) is 1. The lowest BCUT2D eigenvalue weighted by molar-refractivity contribution is -0.136. The zero-order valence-electron chi connectivity index (χ0n) is 18.4. The first-order chi connectivity index (χ1) is 17.2. The Kier molecular flexibility index (Phi) is 6.86. The Morgan fingerprint density at radius 1 is 0.944 bits per heavy atom. The molecule has 0 amide bonds. The molecule has 1 heterocycles. The Morgan fingerprint density at radius 2 is 1.58 bits per heavy atom. The van der Waals surface area contributed by atoms with Gasteiger partial charge in [-0.05, 0) is 30.2 Å². The second kappa shape index (κ2) is 10.0. The Morgan fingerprint density at radius 3 is 2.25 bits per heavy atom. The molecule has 184 valence electrons. The second-order valence-electron chi connectivity index (χ2n) is 7.51. The van der Waals surface area contributed by atoms with Crippen molar-refractivity contribution in [1.82, 2.24) is 0 Å². The van der Waals surface area contributed by atoms with Crippen LogP contribution in [-0.2, 0) is 4.79 Å². The molecular formula is C26H15F5O5. The monoisotopic (exact) mass is 502 g/mol. The van der Waals surface area contributed by atoms with Gasteiger partial charge in [-0.3, -0.25) is 4.79 Å². The predicted octanol–water partition coefficient (Wildman–Crippen LogP) is 5.85. The molecular weight excluding hydrogens is 487 g/mol. The molecule has 36 heavy (non-hydrogen) atoms. The van der Waals surface area contributed by atoms with Gasteiger partial charge in [-0.25, -0.2) is 18.0 Å². The van der Waals surface area contributed by atoms with Crippen molar-refractivity contribution in [3.05, 3.63) is 106 Å². The molecule has 0 N–H and O–H groups in total. The molecule has 0 saturated carbocycles. The quantitative estimate of drug-likeness (QED) is 0.106. The van der Waals surface area contributed by atoms with E-state index in [2.05, 4.69) is 4.74 Å². The van der Waals surface area contributed by atoms with E-state index in [1.54, 1.807) is 19.1 Å². The van der Waals surface area contributed by atoms with Crippen molar-refractivity contribution in [3.63, 3.8) is 0 Å². The number of ether oxygens (including phenoxy) is 3. The fraction of sp³-hybridized carbons (Fsp3) is 0.0769. The normalized spacial score (nSPS) is 13.7. The first kappa shape index (κ1) is 24.6. The molecule has 0 saturated heterocycles. The van der Waals surface area contributed by atoms with Crippen molar-refractivity contribution in [1.29, 1.82) is 0 Å². The summed E-state index contributed by atoms with van der Waals surface area (Å²) in [6, 6.07) is 11.9. The van der Waals surface area contributed by atoms with E-state index in [9.17, 15) is 31.5 Å². The SMILES string of the molecule is Cc1cc(OC(=O)COc2c(F)c(F)c(F)c(F)c2F)cc2c1C(=O)/C(=C/C=C/c1ccccc1)O2. The van der Waals surface area contributed by atoms with Gasteiger partial charge in [0.05, 0.1) is 5.56 Å². The number of halogens is 5. The third-order valence-electron chi connectivity index (χ3n) is 5.02. The molecule has 3 aromatic rings. The minimum atomic E-state index is -2.35. The number of fused-ring (bicyclic) bond motifs is 1. The molecule has 1 aliphatic heterocycles. The number of allylic oxidation sites excluding steroid dienone is 3. The maximum absolute atomic E-state index is 13.7. The third kappa shape index (κ3) is 4.83. The van der Waals surface area contributed by atoms with Crippen LogP contribution < -0.4 is 14.2 Å². The molecule has 0 atom stereocenters. The molecule has 0 bridgehead atoms. The van der Waals surface area contributed by atoms with E-state index in [1.165, 1.54) is 18.2 Å². The first-order valence-corrected chi connectivity index (χ1v) is 10.3. The fourth-order valence-electron chi connectivity index (χ4n) is 3.37. The largest absolute Gasteiger partial charge is 0.476 e. The van der Waals surface area contributed by atoms with Crippen molar-refractivity contribution in [3.8, 4) is 17.2 Å². The number of hydrogen-bond donors (Lipinski definition) is 0. The van der Waals surface area contributed by atoms with E-state index in [0.717, 1.165) is 5.56 Å². The van der Waals surface area contributed by atoms with Crippen molar-refractivity contribution >= 4 is 17.8 Å². The summed E-state index contributed by atoms with van der Waals surface area (Å²) in [4.78, 5) is 24.8. The van der Waals surface area contributed by atoms with Crippen LogP contribution in [0.25, 0.3) is 6.08 Å². The van der Waals surface area contributed by atoms with Gasteiger partial charge in [0.2, 0.25) is 34.9 Å². The maximum atomic E-state index is 13.7. The lowest BCUT2D eigenvalue weighted by atomic mass is 10.0. The first-order valence-electron chi connectivity index (χ1n) is 10.3. The van der Waals surface area contributed by atoms with Gasteiger partial charge in [0, 0.05) is 6.07 Å². The summed E-state index contributed by atoms with van der Waals surface area (Å²) >= 11 is 0. The van der Waals surface area contributed by atoms with Crippen LogP contribution in [0.4, 0.5) is 22.0 Å². The van der Waals surface area contributed by atoms with Gasteiger partial charge in [-0.2, -0.15) is 8.78 Å². The Balaban J connectivity index is 1.46. The van der Waals surface area contributed by atoms with Crippen molar-refractivity contribution in [2.45, 2.75) is 6.92 Å². The number of carbonyl (C=O) groups excluding carboxylic acids is 2. The molecule has 3 aromatic carbocycles. The van der Waals surface area contributed by atoms with E-state index in [4.69, 9.17) is 9.47 Å². The number of esters is 1. The molecule has 10 heteroatoms. The molecule has 1 aliphatic rings. The van der Waals surface area contributed by atoms with Crippen LogP contribution in [0.2, 0.25) is 0 Å². The van der Waals surface area contributed by atoms with E-state index >= 15 is 0 Å².